The van der Waals surface area contributed by atoms with Crippen LogP contribution in [0.15, 0.2) is 48.5 Å². The Morgan fingerprint density at radius 1 is 1.18 bits per heavy atom. The lowest BCUT2D eigenvalue weighted by atomic mass is 10.1. The number of carbonyl (C=O) groups is 1. The molecule has 3 N–H and O–H groups in total. The molecule has 0 aliphatic heterocycles. The molecule has 2 aromatic carbocycles. The highest BCUT2D eigenvalue weighted by Crippen LogP contribution is 2.31. The van der Waals surface area contributed by atoms with Crippen molar-refractivity contribution in [2.45, 2.75) is 19.4 Å². The highest BCUT2D eigenvalue weighted by atomic mass is 16.3. The van der Waals surface area contributed by atoms with Crippen molar-refractivity contribution in [3.63, 3.8) is 0 Å². The van der Waals surface area contributed by atoms with E-state index in [0.717, 1.165) is 12.1 Å². The van der Waals surface area contributed by atoms with E-state index in [9.17, 15) is 9.90 Å². The van der Waals surface area contributed by atoms with Crippen molar-refractivity contribution in [3.8, 4) is 5.75 Å². The number of phenolic OH excluding ortho intramolecular Hbond substituents is 1. The molecule has 0 atom stereocenters. The van der Waals surface area contributed by atoms with Gasteiger partial charge in [0.05, 0.1) is 0 Å². The van der Waals surface area contributed by atoms with Crippen LogP contribution in [0.2, 0.25) is 0 Å². The normalized spacial score (nSPS) is 13.8. The highest BCUT2D eigenvalue weighted by Gasteiger charge is 2.27. The number of benzene rings is 2. The Balaban J connectivity index is 1.81. The van der Waals surface area contributed by atoms with Gasteiger partial charge in [0.2, 0.25) is 0 Å². The van der Waals surface area contributed by atoms with Crippen molar-refractivity contribution in [2.24, 2.45) is 5.92 Å². The zero-order valence-corrected chi connectivity index (χ0v) is 12.4. The molecule has 0 bridgehead atoms. The molecule has 0 saturated heterocycles. The molecule has 22 heavy (non-hydrogen) atoms. The van der Waals surface area contributed by atoms with Crippen LogP contribution in [-0.2, 0) is 6.54 Å². The van der Waals surface area contributed by atoms with Gasteiger partial charge in [-0.3, -0.25) is 4.79 Å². The van der Waals surface area contributed by atoms with Gasteiger partial charge in [0, 0.05) is 24.3 Å². The minimum atomic E-state index is -0.0115. The van der Waals surface area contributed by atoms with E-state index in [0.29, 0.717) is 23.7 Å². The van der Waals surface area contributed by atoms with Gasteiger partial charge in [-0.1, -0.05) is 18.2 Å². The van der Waals surface area contributed by atoms with Crippen LogP contribution in [0.4, 0.5) is 5.69 Å². The predicted molar refractivity (Wildman–Crippen MR) is 86.4 cm³/mol. The molecule has 0 radical (unpaired) electrons. The lowest BCUT2D eigenvalue weighted by Gasteiger charge is -2.23. The van der Waals surface area contributed by atoms with Gasteiger partial charge in [-0.2, -0.15) is 0 Å². The second-order valence-corrected chi connectivity index (χ2v) is 5.92. The molecule has 114 valence electrons. The quantitative estimate of drug-likeness (QED) is 0.833. The predicted octanol–water partition coefficient (Wildman–Crippen LogP) is 3.03. The van der Waals surface area contributed by atoms with Crippen LogP contribution >= 0.6 is 0 Å². The maximum Gasteiger partial charge on any atom is 0.254 e. The van der Waals surface area contributed by atoms with Gasteiger partial charge in [-0.05, 0) is 54.7 Å². The summed E-state index contributed by atoms with van der Waals surface area (Å²) in [6.45, 7) is 1.25. The van der Waals surface area contributed by atoms with E-state index in [-0.39, 0.29) is 11.7 Å². The number of nitrogens with two attached hydrogens (primary N) is 1. The second-order valence-electron chi connectivity index (χ2n) is 5.92. The molecule has 0 aromatic heterocycles. The average molecular weight is 296 g/mol. The monoisotopic (exact) mass is 296 g/mol. The molecular weight excluding hydrogens is 276 g/mol. The third kappa shape index (κ3) is 3.58. The van der Waals surface area contributed by atoms with Crippen molar-refractivity contribution in [3.05, 3.63) is 59.7 Å². The van der Waals surface area contributed by atoms with E-state index < -0.39 is 0 Å². The van der Waals surface area contributed by atoms with Crippen LogP contribution in [0.5, 0.6) is 5.75 Å². The summed E-state index contributed by atoms with van der Waals surface area (Å²) in [5.74, 6) is 0.810. The molecule has 3 rings (SSSR count). The lowest BCUT2D eigenvalue weighted by Crippen LogP contribution is -2.32. The number of hydrogen-bond acceptors (Lipinski definition) is 3. The van der Waals surface area contributed by atoms with Crippen LogP contribution in [0.25, 0.3) is 0 Å². The Morgan fingerprint density at radius 2 is 1.95 bits per heavy atom. The molecule has 4 nitrogen and oxygen atoms in total. The number of rotatable bonds is 5. The van der Waals surface area contributed by atoms with Crippen LogP contribution in [-0.4, -0.2) is 22.5 Å². The molecule has 1 amide bonds. The van der Waals surface area contributed by atoms with Gasteiger partial charge in [0.1, 0.15) is 5.75 Å². The maximum absolute atomic E-state index is 12.8. The average Bonchev–Trinajstić information content (AvgIpc) is 3.30. The Morgan fingerprint density at radius 3 is 2.64 bits per heavy atom. The fourth-order valence-electron chi connectivity index (χ4n) is 2.56. The van der Waals surface area contributed by atoms with E-state index >= 15 is 0 Å². The lowest BCUT2D eigenvalue weighted by molar-refractivity contribution is 0.0734. The summed E-state index contributed by atoms with van der Waals surface area (Å²) in [7, 11) is 0. The number of aromatic hydroxyl groups is 1. The smallest absolute Gasteiger partial charge is 0.254 e. The first-order valence-electron chi connectivity index (χ1n) is 7.54. The molecule has 4 heteroatoms. The number of anilines is 1. The third-order valence-corrected chi connectivity index (χ3v) is 3.88. The van der Waals surface area contributed by atoms with Gasteiger partial charge in [-0.25, -0.2) is 0 Å². The topological polar surface area (TPSA) is 66.6 Å². The van der Waals surface area contributed by atoms with Crippen molar-refractivity contribution < 1.29 is 9.90 Å². The zero-order valence-electron chi connectivity index (χ0n) is 12.4. The summed E-state index contributed by atoms with van der Waals surface area (Å²) < 4.78 is 0. The summed E-state index contributed by atoms with van der Waals surface area (Å²) in [5, 5.41) is 9.59. The van der Waals surface area contributed by atoms with Gasteiger partial charge >= 0.3 is 0 Å². The van der Waals surface area contributed by atoms with Crippen molar-refractivity contribution in [2.75, 3.05) is 12.3 Å². The van der Waals surface area contributed by atoms with Gasteiger partial charge in [0.15, 0.2) is 0 Å². The molecule has 0 heterocycles. The van der Waals surface area contributed by atoms with Gasteiger partial charge in [0.25, 0.3) is 5.91 Å². The number of phenols is 1. The largest absolute Gasteiger partial charge is 0.508 e. The van der Waals surface area contributed by atoms with Crippen molar-refractivity contribution >= 4 is 11.6 Å². The van der Waals surface area contributed by atoms with E-state index in [1.807, 2.05) is 11.0 Å². The Kier molecular flexibility index (Phi) is 4.00. The summed E-state index contributed by atoms with van der Waals surface area (Å²) in [6, 6.07) is 14.1. The van der Waals surface area contributed by atoms with Gasteiger partial charge < -0.3 is 15.7 Å². The fraction of sp³-hybridized carbons (Fsp3) is 0.278. The number of nitrogens with zero attached hydrogens (tertiary/aromatic N) is 1. The minimum Gasteiger partial charge on any atom is -0.508 e. The van der Waals surface area contributed by atoms with E-state index in [2.05, 4.69) is 0 Å². The van der Waals surface area contributed by atoms with Crippen LogP contribution < -0.4 is 5.73 Å². The Hall–Kier alpha value is -2.49. The van der Waals surface area contributed by atoms with E-state index in [4.69, 9.17) is 5.73 Å². The van der Waals surface area contributed by atoms with Gasteiger partial charge in [-0.15, -0.1) is 0 Å². The molecule has 0 spiro atoms. The molecular formula is C18H20N2O2. The van der Waals surface area contributed by atoms with Crippen molar-refractivity contribution in [1.29, 1.82) is 0 Å². The molecule has 1 aliphatic rings. The first-order chi connectivity index (χ1) is 10.6. The standard InChI is InChI=1S/C18H20N2O2/c19-16-5-2-4-15(10-16)18(22)20(11-13-7-8-13)12-14-3-1-6-17(21)9-14/h1-6,9-10,13,21H,7-8,11-12,19H2. The van der Waals surface area contributed by atoms with Crippen molar-refractivity contribution in [1.82, 2.24) is 4.90 Å². The zero-order chi connectivity index (χ0) is 15.5. The number of hydrogen-bond donors (Lipinski definition) is 2. The summed E-state index contributed by atoms with van der Waals surface area (Å²) >= 11 is 0. The summed E-state index contributed by atoms with van der Waals surface area (Å²) in [4.78, 5) is 14.6. The van der Waals surface area contributed by atoms with Crippen LogP contribution in [0.3, 0.4) is 0 Å². The summed E-state index contributed by atoms with van der Waals surface area (Å²) in [6.07, 6.45) is 2.36. The molecule has 1 aliphatic carbocycles. The summed E-state index contributed by atoms with van der Waals surface area (Å²) in [5.41, 5.74) is 7.91. The number of carbonyl (C=O) groups excluding carboxylic acids is 1. The highest BCUT2D eigenvalue weighted by molar-refractivity contribution is 5.95. The molecule has 1 saturated carbocycles. The van der Waals surface area contributed by atoms with E-state index in [1.165, 1.54) is 12.8 Å². The molecule has 2 aromatic rings. The number of nitrogen functional groups attached to an aromatic ring is 1. The molecule has 0 unspecified atom stereocenters. The first-order valence-corrected chi connectivity index (χ1v) is 7.54. The maximum atomic E-state index is 12.8. The Bertz CT molecular complexity index is 680. The Labute approximate surface area is 130 Å². The van der Waals surface area contributed by atoms with E-state index in [1.54, 1.807) is 42.5 Å². The second kappa shape index (κ2) is 6.10. The first kappa shape index (κ1) is 14.4. The third-order valence-electron chi connectivity index (χ3n) is 3.88. The molecule has 1 fully saturated rings. The number of amides is 1. The fourth-order valence-corrected chi connectivity index (χ4v) is 2.56. The van der Waals surface area contributed by atoms with Crippen LogP contribution in [0, 0.1) is 5.92 Å². The van der Waals surface area contributed by atoms with Crippen LogP contribution in [0.1, 0.15) is 28.8 Å². The minimum absolute atomic E-state index is 0.0115. The SMILES string of the molecule is Nc1cccc(C(=O)N(Cc2cccc(O)c2)CC2CC2)c1.